The van der Waals surface area contributed by atoms with Crippen molar-refractivity contribution in [3.8, 4) is 0 Å². The highest BCUT2D eigenvalue weighted by molar-refractivity contribution is 5.97. The largest absolute Gasteiger partial charge is 0.373 e. The number of Topliss-reactive ketones (excluding diaryl/α,β-unsaturated/α-hetero) is 1. The van der Waals surface area contributed by atoms with Crippen LogP contribution >= 0.6 is 0 Å². The molecule has 0 radical (unpaired) electrons. The molecular weight excluding hydrogens is 224 g/mol. The van der Waals surface area contributed by atoms with Crippen LogP contribution in [-0.2, 0) is 4.74 Å². The fourth-order valence-corrected chi connectivity index (χ4v) is 2.49. The highest BCUT2D eigenvalue weighted by atomic mass is 16.5. The number of ether oxygens (including phenoxy) is 1. The van der Waals surface area contributed by atoms with Crippen molar-refractivity contribution in [1.82, 2.24) is 0 Å². The first-order chi connectivity index (χ1) is 8.66. The summed E-state index contributed by atoms with van der Waals surface area (Å²) in [6.07, 6.45) is 5.16. The smallest absolute Gasteiger partial charge is 0.188 e. The molecule has 98 valence electrons. The lowest BCUT2D eigenvalue weighted by Gasteiger charge is -2.09. The van der Waals surface area contributed by atoms with E-state index in [2.05, 4.69) is 6.92 Å². The van der Waals surface area contributed by atoms with Gasteiger partial charge < -0.3 is 4.74 Å². The molecule has 0 spiro atoms. The summed E-state index contributed by atoms with van der Waals surface area (Å²) in [5, 5.41) is 0. The van der Waals surface area contributed by atoms with Crippen molar-refractivity contribution in [1.29, 1.82) is 0 Å². The summed E-state index contributed by atoms with van der Waals surface area (Å²) in [6, 6.07) is 5.85. The van der Waals surface area contributed by atoms with Crippen molar-refractivity contribution < 1.29 is 9.53 Å². The molecule has 0 aliphatic heterocycles. The molecule has 0 unspecified atom stereocenters. The third-order valence-electron chi connectivity index (χ3n) is 3.89. The summed E-state index contributed by atoms with van der Waals surface area (Å²) in [4.78, 5) is 12.0. The summed E-state index contributed by atoms with van der Waals surface area (Å²) in [6.45, 7) is 5.06. The van der Waals surface area contributed by atoms with Gasteiger partial charge in [0, 0.05) is 5.56 Å². The molecule has 0 saturated heterocycles. The topological polar surface area (TPSA) is 26.3 Å². The second-order valence-corrected chi connectivity index (χ2v) is 5.39. The number of ketones is 1. The molecule has 1 aliphatic carbocycles. The molecule has 1 aliphatic rings. The second kappa shape index (κ2) is 6.14. The van der Waals surface area contributed by atoms with Crippen LogP contribution in [0.15, 0.2) is 18.2 Å². The van der Waals surface area contributed by atoms with Crippen LogP contribution in [0.1, 0.15) is 47.2 Å². The van der Waals surface area contributed by atoms with Crippen LogP contribution < -0.4 is 0 Å². The third kappa shape index (κ3) is 3.42. The lowest BCUT2D eigenvalue weighted by Crippen LogP contribution is -2.13. The number of hydrogen-bond acceptors (Lipinski definition) is 2. The molecule has 0 aromatic heterocycles. The van der Waals surface area contributed by atoms with Crippen molar-refractivity contribution >= 4 is 5.78 Å². The molecule has 18 heavy (non-hydrogen) atoms. The monoisotopic (exact) mass is 246 g/mol. The van der Waals surface area contributed by atoms with E-state index >= 15 is 0 Å². The third-order valence-corrected chi connectivity index (χ3v) is 3.89. The lowest BCUT2D eigenvalue weighted by atomic mass is 10.0. The Hall–Kier alpha value is -1.15. The second-order valence-electron chi connectivity index (χ2n) is 5.39. The summed E-state index contributed by atoms with van der Waals surface area (Å²) < 4.78 is 5.55. The van der Waals surface area contributed by atoms with Crippen LogP contribution in [0.5, 0.6) is 0 Å². The van der Waals surface area contributed by atoms with E-state index in [1.54, 1.807) is 0 Å². The maximum Gasteiger partial charge on any atom is 0.188 e. The predicted molar refractivity (Wildman–Crippen MR) is 73.0 cm³/mol. The van der Waals surface area contributed by atoms with Crippen molar-refractivity contribution in [2.24, 2.45) is 5.92 Å². The van der Waals surface area contributed by atoms with Crippen LogP contribution in [0, 0.1) is 19.8 Å². The fourth-order valence-electron chi connectivity index (χ4n) is 2.49. The first kappa shape index (κ1) is 13.3. The highest BCUT2D eigenvalue weighted by Gasteiger charge is 2.15. The van der Waals surface area contributed by atoms with Crippen molar-refractivity contribution in [2.45, 2.75) is 39.5 Å². The summed E-state index contributed by atoms with van der Waals surface area (Å²) in [5.74, 6) is 0.772. The number of aryl methyl sites for hydroxylation is 2. The molecular formula is C16H22O2. The first-order valence-electron chi connectivity index (χ1n) is 6.85. The Morgan fingerprint density at radius 2 is 1.94 bits per heavy atom. The van der Waals surface area contributed by atoms with Crippen LogP contribution in [0.25, 0.3) is 0 Å². The van der Waals surface area contributed by atoms with Gasteiger partial charge in [0.15, 0.2) is 5.78 Å². The molecule has 0 heterocycles. The zero-order valence-corrected chi connectivity index (χ0v) is 11.4. The standard InChI is InChI=1S/C16H22O2/c1-12-7-8-15(9-13(12)2)16(17)11-18-10-14-5-3-4-6-14/h7-9,14H,3-6,10-11H2,1-2H3. The van der Waals surface area contributed by atoms with Crippen LogP contribution in [0.4, 0.5) is 0 Å². The molecule has 0 amide bonds. The minimum atomic E-state index is 0.0936. The Morgan fingerprint density at radius 3 is 2.61 bits per heavy atom. The van der Waals surface area contributed by atoms with Crippen molar-refractivity contribution in [2.75, 3.05) is 13.2 Å². The molecule has 2 heteroatoms. The van der Waals surface area contributed by atoms with Gasteiger partial charge in [-0.3, -0.25) is 4.79 Å². The van der Waals surface area contributed by atoms with Crippen LogP contribution in [-0.4, -0.2) is 19.0 Å². The van der Waals surface area contributed by atoms with E-state index in [-0.39, 0.29) is 12.4 Å². The van der Waals surface area contributed by atoms with E-state index in [1.165, 1.54) is 31.2 Å². The number of rotatable bonds is 5. The molecule has 0 N–H and O–H groups in total. The SMILES string of the molecule is Cc1ccc(C(=O)COCC2CCCC2)cc1C. The molecule has 1 aromatic carbocycles. The van der Waals surface area contributed by atoms with E-state index in [1.807, 2.05) is 25.1 Å². The lowest BCUT2D eigenvalue weighted by molar-refractivity contribution is 0.0681. The Kier molecular flexibility index (Phi) is 4.54. The van der Waals surface area contributed by atoms with Gasteiger partial charge >= 0.3 is 0 Å². The quantitative estimate of drug-likeness (QED) is 0.741. The Morgan fingerprint density at radius 1 is 1.22 bits per heavy atom. The zero-order valence-electron chi connectivity index (χ0n) is 11.4. The average Bonchev–Trinajstić information content (AvgIpc) is 2.85. The summed E-state index contributed by atoms with van der Waals surface area (Å²) >= 11 is 0. The van der Waals surface area contributed by atoms with Gasteiger partial charge in [0.25, 0.3) is 0 Å². The molecule has 0 atom stereocenters. The first-order valence-corrected chi connectivity index (χ1v) is 6.85. The molecule has 0 bridgehead atoms. The van der Waals surface area contributed by atoms with Gasteiger partial charge in [-0.1, -0.05) is 25.0 Å². The Labute approximate surface area is 109 Å². The zero-order chi connectivity index (χ0) is 13.0. The Balaban J connectivity index is 1.81. The predicted octanol–water partition coefficient (Wildman–Crippen LogP) is 3.69. The van der Waals surface area contributed by atoms with Gasteiger partial charge in [0.2, 0.25) is 0 Å². The molecule has 1 saturated carbocycles. The number of carbonyl (C=O) groups is 1. The van der Waals surface area contributed by atoms with Gasteiger partial charge in [-0.05, 0) is 49.8 Å². The summed E-state index contributed by atoms with van der Waals surface area (Å²) in [7, 11) is 0. The van der Waals surface area contributed by atoms with E-state index in [0.29, 0.717) is 5.92 Å². The van der Waals surface area contributed by atoms with E-state index in [4.69, 9.17) is 4.74 Å². The van der Waals surface area contributed by atoms with Gasteiger partial charge in [0.05, 0.1) is 6.61 Å². The van der Waals surface area contributed by atoms with Gasteiger partial charge in [-0.2, -0.15) is 0 Å². The normalized spacial score (nSPS) is 16.1. The number of hydrogen-bond donors (Lipinski definition) is 0. The average molecular weight is 246 g/mol. The van der Waals surface area contributed by atoms with Crippen LogP contribution in [0.2, 0.25) is 0 Å². The number of benzene rings is 1. The van der Waals surface area contributed by atoms with Crippen molar-refractivity contribution in [3.05, 3.63) is 34.9 Å². The van der Waals surface area contributed by atoms with E-state index in [9.17, 15) is 4.79 Å². The van der Waals surface area contributed by atoms with Gasteiger partial charge in [-0.25, -0.2) is 0 Å². The van der Waals surface area contributed by atoms with Gasteiger partial charge in [-0.15, -0.1) is 0 Å². The fraction of sp³-hybridized carbons (Fsp3) is 0.562. The minimum Gasteiger partial charge on any atom is -0.373 e. The number of carbonyl (C=O) groups excluding carboxylic acids is 1. The maximum atomic E-state index is 12.0. The summed E-state index contributed by atoms with van der Waals surface area (Å²) in [5.41, 5.74) is 3.15. The highest BCUT2D eigenvalue weighted by Crippen LogP contribution is 2.24. The molecule has 2 nitrogen and oxygen atoms in total. The Bertz CT molecular complexity index is 417. The van der Waals surface area contributed by atoms with E-state index in [0.717, 1.165) is 17.7 Å². The molecule has 1 fully saturated rings. The van der Waals surface area contributed by atoms with Crippen LogP contribution in [0.3, 0.4) is 0 Å². The molecule has 2 rings (SSSR count). The van der Waals surface area contributed by atoms with Gasteiger partial charge in [0.1, 0.15) is 6.61 Å². The van der Waals surface area contributed by atoms with Crippen molar-refractivity contribution in [3.63, 3.8) is 0 Å². The van der Waals surface area contributed by atoms with E-state index < -0.39 is 0 Å². The molecule has 1 aromatic rings. The maximum absolute atomic E-state index is 12.0. The minimum absolute atomic E-state index is 0.0936.